The van der Waals surface area contributed by atoms with Gasteiger partial charge in [0.2, 0.25) is 5.91 Å². The summed E-state index contributed by atoms with van der Waals surface area (Å²) in [6.45, 7) is 5.69. The minimum absolute atomic E-state index is 0. The van der Waals surface area contributed by atoms with Gasteiger partial charge in [-0.25, -0.2) is 4.79 Å². The molecule has 2 fully saturated rings. The highest BCUT2D eigenvalue weighted by Gasteiger charge is 2.38. The van der Waals surface area contributed by atoms with Crippen LogP contribution in [-0.2, 0) is 11.8 Å². The number of benzene rings is 1. The van der Waals surface area contributed by atoms with Crippen molar-refractivity contribution in [1.82, 2.24) is 24.9 Å². The average molecular weight is 433 g/mol. The lowest BCUT2D eigenvalue weighted by atomic mass is 9.89. The molecule has 1 aromatic heterocycles. The summed E-state index contributed by atoms with van der Waals surface area (Å²) in [4.78, 5) is 29.4. The Morgan fingerprint density at radius 1 is 1.13 bits per heavy atom. The van der Waals surface area contributed by atoms with Crippen LogP contribution in [0.5, 0.6) is 0 Å². The molecule has 0 spiro atoms. The second-order valence-electron chi connectivity index (χ2n) is 7.93. The zero-order valence-electron chi connectivity index (χ0n) is 17.4. The van der Waals surface area contributed by atoms with E-state index in [9.17, 15) is 9.59 Å². The van der Waals surface area contributed by atoms with Crippen molar-refractivity contribution in [2.45, 2.75) is 12.8 Å². The number of urea groups is 1. The van der Waals surface area contributed by atoms with Crippen molar-refractivity contribution in [3.8, 4) is 0 Å². The number of hydrogen-bond acceptors (Lipinski definition) is 4. The van der Waals surface area contributed by atoms with Crippen molar-refractivity contribution < 1.29 is 9.59 Å². The molecule has 0 radical (unpaired) electrons. The topological polar surface area (TPSA) is 82.5 Å². The van der Waals surface area contributed by atoms with E-state index in [1.165, 1.54) is 0 Å². The van der Waals surface area contributed by atoms with Crippen molar-refractivity contribution in [3.63, 3.8) is 0 Å². The number of rotatable bonds is 3. The number of halogens is 1. The first-order valence-corrected chi connectivity index (χ1v) is 10.1. The van der Waals surface area contributed by atoms with Gasteiger partial charge >= 0.3 is 6.03 Å². The number of carbonyl (C=O) groups excluding carboxylic acids is 2. The summed E-state index contributed by atoms with van der Waals surface area (Å²) in [5.74, 6) is 0.244. The smallest absolute Gasteiger partial charge is 0.321 e. The third kappa shape index (κ3) is 4.76. The predicted octanol–water partition coefficient (Wildman–Crippen LogP) is 1.83. The molecule has 2 aliphatic heterocycles. The lowest BCUT2D eigenvalue weighted by Crippen LogP contribution is -2.53. The van der Waals surface area contributed by atoms with Gasteiger partial charge in [-0.2, -0.15) is 5.10 Å². The van der Waals surface area contributed by atoms with Crippen LogP contribution >= 0.6 is 12.4 Å². The van der Waals surface area contributed by atoms with Gasteiger partial charge in [-0.1, -0.05) is 12.1 Å². The van der Waals surface area contributed by atoms with Crippen molar-refractivity contribution in [1.29, 1.82) is 0 Å². The fraction of sp³-hybridized carbons (Fsp3) is 0.476. The third-order valence-corrected chi connectivity index (χ3v) is 5.83. The Bertz CT molecular complexity index is 893. The van der Waals surface area contributed by atoms with Gasteiger partial charge in [0.1, 0.15) is 0 Å². The van der Waals surface area contributed by atoms with Crippen LogP contribution < -0.4 is 10.6 Å². The number of carbonyl (C=O) groups is 2. The molecule has 2 atom stereocenters. The Morgan fingerprint density at radius 3 is 2.53 bits per heavy atom. The standard InChI is InChI=1S/C21H28N6O2.ClH/c1-15-4-3-5-17(10-15)24-21(29)27-8-6-26(7-9-27)20(28)19-13-22-12-18(19)16-11-23-25(2)14-16;/h3-5,10-11,14,18-19,22H,6-9,12-13H2,1-2H3,(H,24,29);1H/t18-,19+;/m1./s1. The molecule has 1 aromatic carbocycles. The molecule has 2 N–H and O–H groups in total. The number of piperazine rings is 1. The average Bonchev–Trinajstić information content (AvgIpc) is 3.36. The lowest BCUT2D eigenvalue weighted by Gasteiger charge is -2.36. The second kappa shape index (κ2) is 9.49. The molecule has 2 aliphatic rings. The maximum atomic E-state index is 13.1. The van der Waals surface area contributed by atoms with Crippen LogP contribution in [0, 0.1) is 12.8 Å². The number of anilines is 1. The maximum Gasteiger partial charge on any atom is 0.321 e. The van der Waals surface area contributed by atoms with Crippen LogP contribution in [-0.4, -0.2) is 70.8 Å². The Hall–Kier alpha value is -2.58. The summed E-state index contributed by atoms with van der Waals surface area (Å²) in [6.07, 6.45) is 3.84. The Labute approximate surface area is 183 Å². The number of amides is 3. The molecule has 2 aromatic rings. The van der Waals surface area contributed by atoms with Crippen LogP contribution in [0.3, 0.4) is 0 Å². The fourth-order valence-corrected chi connectivity index (χ4v) is 4.21. The van der Waals surface area contributed by atoms with E-state index in [0.717, 1.165) is 23.4 Å². The van der Waals surface area contributed by atoms with Gasteiger partial charge in [0.05, 0.1) is 12.1 Å². The molecule has 3 amide bonds. The predicted molar refractivity (Wildman–Crippen MR) is 118 cm³/mol. The number of nitrogens with zero attached hydrogens (tertiary/aromatic N) is 4. The van der Waals surface area contributed by atoms with Crippen molar-refractivity contribution in [2.24, 2.45) is 13.0 Å². The molecule has 30 heavy (non-hydrogen) atoms. The summed E-state index contributed by atoms with van der Waals surface area (Å²) in [5, 5.41) is 10.5. The minimum atomic E-state index is -0.113. The molecule has 8 nitrogen and oxygen atoms in total. The molecule has 0 aliphatic carbocycles. The molecule has 0 unspecified atom stereocenters. The van der Waals surface area contributed by atoms with E-state index in [1.54, 1.807) is 9.58 Å². The van der Waals surface area contributed by atoms with E-state index in [2.05, 4.69) is 15.7 Å². The summed E-state index contributed by atoms with van der Waals surface area (Å²) in [7, 11) is 1.89. The van der Waals surface area contributed by atoms with E-state index in [4.69, 9.17) is 0 Å². The van der Waals surface area contributed by atoms with Crippen LogP contribution in [0.25, 0.3) is 0 Å². The van der Waals surface area contributed by atoms with E-state index in [1.807, 2.05) is 55.5 Å². The van der Waals surface area contributed by atoms with Gasteiger partial charge in [0.15, 0.2) is 0 Å². The van der Waals surface area contributed by atoms with Gasteiger partial charge in [0, 0.05) is 64.1 Å². The molecule has 4 rings (SSSR count). The fourth-order valence-electron chi connectivity index (χ4n) is 4.21. The summed E-state index contributed by atoms with van der Waals surface area (Å²) < 4.78 is 1.78. The van der Waals surface area contributed by atoms with Gasteiger partial charge < -0.3 is 20.4 Å². The Balaban J connectivity index is 0.00000256. The molecule has 0 saturated carbocycles. The van der Waals surface area contributed by atoms with E-state index < -0.39 is 0 Å². The quantitative estimate of drug-likeness (QED) is 0.775. The first kappa shape index (κ1) is 22.1. The van der Waals surface area contributed by atoms with E-state index >= 15 is 0 Å². The van der Waals surface area contributed by atoms with Crippen molar-refractivity contribution in [2.75, 3.05) is 44.6 Å². The Kier molecular flexibility index (Phi) is 6.99. The van der Waals surface area contributed by atoms with Gasteiger partial charge in [-0.3, -0.25) is 9.48 Å². The Morgan fingerprint density at radius 2 is 1.87 bits per heavy atom. The summed E-state index contributed by atoms with van der Waals surface area (Å²) >= 11 is 0. The minimum Gasteiger partial charge on any atom is -0.339 e. The van der Waals surface area contributed by atoms with Crippen LogP contribution in [0.2, 0.25) is 0 Å². The molecule has 0 bridgehead atoms. The first-order chi connectivity index (χ1) is 14.0. The molecular formula is C21H29ClN6O2. The van der Waals surface area contributed by atoms with Gasteiger partial charge in [-0.15, -0.1) is 12.4 Å². The van der Waals surface area contributed by atoms with Gasteiger partial charge in [-0.05, 0) is 30.2 Å². The van der Waals surface area contributed by atoms with Gasteiger partial charge in [0.25, 0.3) is 0 Å². The van der Waals surface area contributed by atoms with E-state index in [0.29, 0.717) is 32.7 Å². The largest absolute Gasteiger partial charge is 0.339 e. The molecule has 2 saturated heterocycles. The highest BCUT2D eigenvalue weighted by Crippen LogP contribution is 2.29. The normalized spacial score (nSPS) is 21.3. The van der Waals surface area contributed by atoms with E-state index in [-0.39, 0.29) is 36.2 Å². The maximum absolute atomic E-state index is 13.1. The number of hydrogen-bond donors (Lipinski definition) is 2. The highest BCUT2D eigenvalue weighted by atomic mass is 35.5. The summed E-state index contributed by atoms with van der Waals surface area (Å²) in [6, 6.07) is 7.64. The number of nitrogens with one attached hydrogen (secondary N) is 2. The van der Waals surface area contributed by atoms with Crippen LogP contribution in [0.15, 0.2) is 36.7 Å². The lowest BCUT2D eigenvalue weighted by molar-refractivity contribution is -0.136. The molecule has 3 heterocycles. The molecular weight excluding hydrogens is 404 g/mol. The summed E-state index contributed by atoms with van der Waals surface area (Å²) in [5.41, 5.74) is 3.00. The highest BCUT2D eigenvalue weighted by molar-refractivity contribution is 5.89. The monoisotopic (exact) mass is 432 g/mol. The van der Waals surface area contributed by atoms with Crippen LogP contribution in [0.4, 0.5) is 10.5 Å². The molecule has 162 valence electrons. The zero-order chi connectivity index (χ0) is 20.4. The molecule has 9 heteroatoms. The van der Waals surface area contributed by atoms with Crippen molar-refractivity contribution in [3.05, 3.63) is 47.8 Å². The number of aryl methyl sites for hydroxylation is 2. The number of aromatic nitrogens is 2. The van der Waals surface area contributed by atoms with Crippen LogP contribution in [0.1, 0.15) is 17.0 Å². The second-order valence-corrected chi connectivity index (χ2v) is 7.93. The third-order valence-electron chi connectivity index (χ3n) is 5.83. The SMILES string of the molecule is Cc1cccc(NC(=O)N2CCN(C(=O)[C@H]3CNC[C@@H]3c3cnn(C)c3)CC2)c1.Cl. The zero-order valence-corrected chi connectivity index (χ0v) is 18.2. The first-order valence-electron chi connectivity index (χ1n) is 10.1. The van der Waals surface area contributed by atoms with Crippen molar-refractivity contribution >= 4 is 30.0 Å².